The van der Waals surface area contributed by atoms with E-state index in [4.69, 9.17) is 8.92 Å². The minimum Gasteiger partial charge on any atom is -0.373 e. The Bertz CT molecular complexity index is 469. The molecule has 5 heteroatoms. The molecule has 0 amide bonds. The van der Waals surface area contributed by atoms with Crippen LogP contribution < -0.4 is 0 Å². The van der Waals surface area contributed by atoms with Crippen LogP contribution in [0, 0.1) is 0 Å². The van der Waals surface area contributed by atoms with Gasteiger partial charge >= 0.3 is 0 Å². The molecule has 0 unspecified atom stereocenters. The van der Waals surface area contributed by atoms with Gasteiger partial charge in [0.25, 0.3) is 10.1 Å². The van der Waals surface area contributed by atoms with Crippen molar-refractivity contribution in [2.24, 2.45) is 0 Å². The van der Waals surface area contributed by atoms with E-state index in [0.717, 1.165) is 24.7 Å². The monoisotopic (exact) mass is 270 g/mol. The van der Waals surface area contributed by atoms with Crippen LogP contribution in [0.4, 0.5) is 0 Å². The first-order chi connectivity index (χ1) is 8.53. The molecule has 1 aliphatic rings. The van der Waals surface area contributed by atoms with E-state index < -0.39 is 10.1 Å². The topological polar surface area (TPSA) is 52.6 Å². The van der Waals surface area contributed by atoms with Crippen molar-refractivity contribution in [3.05, 3.63) is 35.9 Å². The Kier molecular flexibility index (Phi) is 4.37. The summed E-state index contributed by atoms with van der Waals surface area (Å²) in [4.78, 5) is 0. The summed E-state index contributed by atoms with van der Waals surface area (Å²) in [7, 11) is -3.35. The van der Waals surface area contributed by atoms with Crippen molar-refractivity contribution in [3.63, 3.8) is 0 Å². The van der Waals surface area contributed by atoms with Crippen molar-refractivity contribution in [1.82, 2.24) is 0 Å². The molecular weight excluding hydrogens is 252 g/mol. The van der Waals surface area contributed by atoms with Crippen LogP contribution in [0.5, 0.6) is 0 Å². The first kappa shape index (κ1) is 13.5. The molecule has 2 rings (SSSR count). The van der Waals surface area contributed by atoms with Gasteiger partial charge in [0.2, 0.25) is 0 Å². The Morgan fingerprint density at radius 1 is 1.17 bits per heavy atom. The van der Waals surface area contributed by atoms with Crippen LogP contribution in [0.1, 0.15) is 24.8 Å². The standard InChI is InChI=1S/C13H18O4S/c1-18(14,15)17-13-8-7-12(9-13)16-10-11-5-3-2-4-6-11/h2-6,12-13H,7-10H2,1H3/t12-,13+/m1/s1. The third-order valence-electron chi connectivity index (χ3n) is 2.98. The Morgan fingerprint density at radius 2 is 1.83 bits per heavy atom. The van der Waals surface area contributed by atoms with Crippen molar-refractivity contribution in [2.75, 3.05) is 6.26 Å². The van der Waals surface area contributed by atoms with Gasteiger partial charge in [0.1, 0.15) is 0 Å². The van der Waals surface area contributed by atoms with Gasteiger partial charge in [-0.1, -0.05) is 30.3 Å². The van der Waals surface area contributed by atoms with E-state index in [9.17, 15) is 8.42 Å². The molecule has 0 radical (unpaired) electrons. The van der Waals surface area contributed by atoms with Crippen LogP contribution in [0.2, 0.25) is 0 Å². The Hall–Kier alpha value is -0.910. The van der Waals surface area contributed by atoms with Crippen LogP contribution in [0.3, 0.4) is 0 Å². The molecule has 4 nitrogen and oxygen atoms in total. The normalized spacial score (nSPS) is 24.3. The van der Waals surface area contributed by atoms with Gasteiger partial charge in [0.05, 0.1) is 25.1 Å². The Morgan fingerprint density at radius 3 is 2.50 bits per heavy atom. The summed E-state index contributed by atoms with van der Waals surface area (Å²) >= 11 is 0. The Balaban J connectivity index is 1.76. The van der Waals surface area contributed by atoms with Gasteiger partial charge in [-0.3, -0.25) is 4.18 Å². The predicted octanol–water partition coefficient (Wildman–Crippen LogP) is 2.10. The van der Waals surface area contributed by atoms with Gasteiger partial charge in [-0.25, -0.2) is 0 Å². The molecule has 0 spiro atoms. The predicted molar refractivity (Wildman–Crippen MR) is 68.6 cm³/mol. The van der Waals surface area contributed by atoms with E-state index in [0.29, 0.717) is 13.0 Å². The van der Waals surface area contributed by atoms with E-state index >= 15 is 0 Å². The molecule has 0 heterocycles. The molecule has 1 aromatic carbocycles. The summed E-state index contributed by atoms with van der Waals surface area (Å²) in [5, 5.41) is 0. The highest BCUT2D eigenvalue weighted by molar-refractivity contribution is 7.86. The first-order valence-corrected chi connectivity index (χ1v) is 7.88. The maximum Gasteiger partial charge on any atom is 0.264 e. The largest absolute Gasteiger partial charge is 0.373 e. The molecule has 0 aromatic heterocycles. The molecule has 1 aliphatic carbocycles. The lowest BCUT2D eigenvalue weighted by molar-refractivity contribution is 0.0384. The number of rotatable bonds is 5. The molecule has 18 heavy (non-hydrogen) atoms. The molecule has 0 aliphatic heterocycles. The van der Waals surface area contributed by atoms with Crippen molar-refractivity contribution < 1.29 is 17.3 Å². The van der Waals surface area contributed by atoms with Crippen LogP contribution >= 0.6 is 0 Å². The molecule has 0 bridgehead atoms. The summed E-state index contributed by atoms with van der Waals surface area (Å²) in [5.41, 5.74) is 1.13. The molecular formula is C13H18O4S. The molecule has 0 N–H and O–H groups in total. The zero-order chi connectivity index (χ0) is 13.0. The first-order valence-electron chi connectivity index (χ1n) is 6.07. The zero-order valence-corrected chi connectivity index (χ0v) is 11.2. The van der Waals surface area contributed by atoms with Crippen molar-refractivity contribution in [2.45, 2.75) is 38.1 Å². The number of hydrogen-bond donors (Lipinski definition) is 0. The fraction of sp³-hybridized carbons (Fsp3) is 0.538. The Labute approximate surface area is 108 Å². The van der Waals surface area contributed by atoms with E-state index in [1.54, 1.807) is 0 Å². The SMILES string of the molecule is CS(=O)(=O)O[C@H]1CC[C@@H](OCc2ccccc2)C1. The summed E-state index contributed by atoms with van der Waals surface area (Å²) in [6.07, 6.45) is 3.21. The zero-order valence-electron chi connectivity index (χ0n) is 10.4. The number of benzene rings is 1. The van der Waals surface area contributed by atoms with Crippen LogP contribution in [-0.2, 0) is 25.6 Å². The van der Waals surface area contributed by atoms with E-state index in [1.165, 1.54) is 0 Å². The quantitative estimate of drug-likeness (QED) is 0.769. The molecule has 0 saturated heterocycles. The fourth-order valence-corrected chi connectivity index (χ4v) is 2.84. The van der Waals surface area contributed by atoms with Gasteiger partial charge in [0.15, 0.2) is 0 Å². The van der Waals surface area contributed by atoms with Gasteiger partial charge in [-0.05, 0) is 18.4 Å². The van der Waals surface area contributed by atoms with E-state index in [1.807, 2.05) is 30.3 Å². The molecule has 1 saturated carbocycles. The maximum atomic E-state index is 11.0. The second kappa shape index (κ2) is 5.82. The van der Waals surface area contributed by atoms with E-state index in [-0.39, 0.29) is 12.2 Å². The smallest absolute Gasteiger partial charge is 0.264 e. The third kappa shape index (κ3) is 4.40. The van der Waals surface area contributed by atoms with Gasteiger partial charge < -0.3 is 4.74 Å². The van der Waals surface area contributed by atoms with Crippen molar-refractivity contribution in [3.8, 4) is 0 Å². The summed E-state index contributed by atoms with van der Waals surface area (Å²) < 4.78 is 32.8. The van der Waals surface area contributed by atoms with Crippen molar-refractivity contribution >= 4 is 10.1 Å². The van der Waals surface area contributed by atoms with Crippen molar-refractivity contribution in [1.29, 1.82) is 0 Å². The number of ether oxygens (including phenoxy) is 1. The average Bonchev–Trinajstić information content (AvgIpc) is 2.73. The van der Waals surface area contributed by atoms with Gasteiger partial charge in [0, 0.05) is 6.42 Å². The third-order valence-corrected chi connectivity index (χ3v) is 3.60. The highest BCUT2D eigenvalue weighted by Gasteiger charge is 2.28. The van der Waals surface area contributed by atoms with Gasteiger partial charge in [-0.2, -0.15) is 8.42 Å². The van der Waals surface area contributed by atoms with Gasteiger partial charge in [-0.15, -0.1) is 0 Å². The lowest BCUT2D eigenvalue weighted by Crippen LogP contribution is -2.16. The average molecular weight is 270 g/mol. The van der Waals surface area contributed by atoms with E-state index in [2.05, 4.69) is 0 Å². The second-order valence-electron chi connectivity index (χ2n) is 4.65. The molecule has 100 valence electrons. The summed E-state index contributed by atoms with van der Waals surface area (Å²) in [6.45, 7) is 0.567. The lowest BCUT2D eigenvalue weighted by Gasteiger charge is -2.12. The second-order valence-corrected chi connectivity index (χ2v) is 6.25. The minimum atomic E-state index is -3.35. The maximum absolute atomic E-state index is 11.0. The highest BCUT2D eigenvalue weighted by Crippen LogP contribution is 2.26. The fourth-order valence-electron chi connectivity index (χ4n) is 2.17. The van der Waals surface area contributed by atoms with Crippen LogP contribution in [0.25, 0.3) is 0 Å². The minimum absolute atomic E-state index is 0.0944. The summed E-state index contributed by atoms with van der Waals surface area (Å²) in [5.74, 6) is 0. The molecule has 1 aromatic rings. The van der Waals surface area contributed by atoms with Crippen LogP contribution in [0.15, 0.2) is 30.3 Å². The van der Waals surface area contributed by atoms with Crippen LogP contribution in [-0.4, -0.2) is 26.9 Å². The molecule has 2 atom stereocenters. The molecule has 1 fully saturated rings. The summed E-state index contributed by atoms with van der Waals surface area (Å²) in [6, 6.07) is 9.94. The number of hydrogen-bond acceptors (Lipinski definition) is 4. The lowest BCUT2D eigenvalue weighted by atomic mass is 10.2. The highest BCUT2D eigenvalue weighted by atomic mass is 32.2.